The monoisotopic (exact) mass is 507 g/mol. The van der Waals surface area contributed by atoms with Crippen LogP contribution in [0.15, 0.2) is 53.7 Å². The highest BCUT2D eigenvalue weighted by Gasteiger charge is 2.25. The van der Waals surface area contributed by atoms with E-state index in [4.69, 9.17) is 34.8 Å². The Morgan fingerprint density at radius 2 is 1.62 bits per heavy atom. The van der Waals surface area contributed by atoms with Crippen molar-refractivity contribution < 1.29 is 8.42 Å². The van der Waals surface area contributed by atoms with Gasteiger partial charge in [-0.1, -0.05) is 59.1 Å². The Kier molecular flexibility index (Phi) is 6.16. The third-order valence-electron chi connectivity index (χ3n) is 5.50. The molecule has 3 aromatic carbocycles. The molecule has 0 unspecified atom stereocenters. The molecule has 0 spiro atoms. The van der Waals surface area contributed by atoms with Gasteiger partial charge in [-0.05, 0) is 61.2 Å². The molecule has 1 aromatic heterocycles. The van der Waals surface area contributed by atoms with Gasteiger partial charge in [-0.15, -0.1) is 0 Å². The standard InChI is InChI=1S/C23H20Cl3N3O2S/c1-13-6-4-5-7-16(13)11-29-12-27-22-20(29)8-14(2)15(3)21(22)28-32(30,31)23-18(25)9-17(24)10-19(23)26/h4-10,12,28H,11H2,1-3H3. The number of rotatable bonds is 5. The van der Waals surface area contributed by atoms with Crippen molar-refractivity contribution in [2.24, 2.45) is 0 Å². The van der Waals surface area contributed by atoms with Crippen LogP contribution in [0.25, 0.3) is 11.0 Å². The molecule has 0 aliphatic rings. The molecule has 0 saturated heterocycles. The van der Waals surface area contributed by atoms with Crippen LogP contribution in [0.1, 0.15) is 22.3 Å². The predicted molar refractivity (Wildman–Crippen MR) is 132 cm³/mol. The molecule has 0 amide bonds. The second-order valence-electron chi connectivity index (χ2n) is 7.66. The zero-order valence-electron chi connectivity index (χ0n) is 17.6. The maximum atomic E-state index is 13.2. The number of benzene rings is 3. The Morgan fingerprint density at radius 3 is 2.28 bits per heavy atom. The predicted octanol–water partition coefficient (Wildman–Crippen LogP) is 6.77. The Hall–Kier alpha value is -2.25. The maximum absolute atomic E-state index is 13.2. The topological polar surface area (TPSA) is 64.0 Å². The highest BCUT2D eigenvalue weighted by atomic mass is 35.5. The molecule has 5 nitrogen and oxygen atoms in total. The third-order valence-corrected chi connectivity index (χ3v) is 7.99. The highest BCUT2D eigenvalue weighted by molar-refractivity contribution is 7.93. The summed E-state index contributed by atoms with van der Waals surface area (Å²) in [5, 5.41) is 0.145. The Balaban J connectivity index is 1.82. The Bertz CT molecular complexity index is 1440. The molecule has 0 atom stereocenters. The van der Waals surface area contributed by atoms with E-state index in [0.717, 1.165) is 22.2 Å². The molecular formula is C23H20Cl3N3O2S. The van der Waals surface area contributed by atoms with Gasteiger partial charge in [0.25, 0.3) is 10.0 Å². The quantitative estimate of drug-likeness (QED) is 0.323. The molecule has 1 N–H and O–H groups in total. The number of sulfonamides is 1. The number of nitrogens with zero attached hydrogens (tertiary/aromatic N) is 2. The van der Waals surface area contributed by atoms with Crippen molar-refractivity contribution in [2.45, 2.75) is 32.2 Å². The summed E-state index contributed by atoms with van der Waals surface area (Å²) in [5.41, 5.74) is 5.79. The SMILES string of the molecule is Cc1ccccc1Cn1cnc2c(NS(=O)(=O)c3c(Cl)cc(Cl)cc3Cl)c(C)c(C)cc21. The van der Waals surface area contributed by atoms with Gasteiger partial charge in [0.2, 0.25) is 0 Å². The van der Waals surface area contributed by atoms with Crippen LogP contribution >= 0.6 is 34.8 Å². The lowest BCUT2D eigenvalue weighted by Crippen LogP contribution is -2.16. The van der Waals surface area contributed by atoms with E-state index in [0.29, 0.717) is 17.7 Å². The van der Waals surface area contributed by atoms with Crippen molar-refractivity contribution in [3.63, 3.8) is 0 Å². The molecule has 166 valence electrons. The normalized spacial score (nSPS) is 11.8. The fourth-order valence-electron chi connectivity index (χ4n) is 3.62. The minimum absolute atomic E-state index is 0.0540. The van der Waals surface area contributed by atoms with Crippen LogP contribution in [-0.2, 0) is 16.6 Å². The number of nitrogens with one attached hydrogen (secondary N) is 1. The lowest BCUT2D eigenvalue weighted by molar-refractivity contribution is 0.601. The van der Waals surface area contributed by atoms with Gasteiger partial charge in [0.05, 0.1) is 27.6 Å². The van der Waals surface area contributed by atoms with Crippen LogP contribution < -0.4 is 4.72 Å². The number of fused-ring (bicyclic) bond motifs is 1. The first-order valence-electron chi connectivity index (χ1n) is 9.75. The van der Waals surface area contributed by atoms with E-state index in [-0.39, 0.29) is 20.0 Å². The van der Waals surface area contributed by atoms with Gasteiger partial charge in [0, 0.05) is 11.6 Å². The lowest BCUT2D eigenvalue weighted by Gasteiger charge is -2.16. The third kappa shape index (κ3) is 4.20. The number of anilines is 1. The van der Waals surface area contributed by atoms with E-state index in [2.05, 4.69) is 28.8 Å². The average Bonchev–Trinajstić information content (AvgIpc) is 3.08. The van der Waals surface area contributed by atoms with Gasteiger partial charge >= 0.3 is 0 Å². The first-order chi connectivity index (χ1) is 15.1. The van der Waals surface area contributed by atoms with E-state index in [1.807, 2.05) is 36.6 Å². The van der Waals surface area contributed by atoms with E-state index in [1.54, 1.807) is 6.33 Å². The minimum atomic E-state index is -4.10. The second-order valence-corrected chi connectivity index (χ2v) is 10.5. The van der Waals surface area contributed by atoms with Crippen molar-refractivity contribution in [3.05, 3.63) is 86.1 Å². The maximum Gasteiger partial charge on any atom is 0.264 e. The van der Waals surface area contributed by atoms with Crippen molar-refractivity contribution in [1.82, 2.24) is 9.55 Å². The fourth-order valence-corrected chi connectivity index (χ4v) is 6.29. The molecule has 0 bridgehead atoms. The van der Waals surface area contributed by atoms with Crippen molar-refractivity contribution in [1.29, 1.82) is 0 Å². The van der Waals surface area contributed by atoms with Gasteiger partial charge in [-0.25, -0.2) is 13.4 Å². The zero-order chi connectivity index (χ0) is 23.2. The summed E-state index contributed by atoms with van der Waals surface area (Å²) in [5.74, 6) is 0. The average molecular weight is 509 g/mol. The first kappa shape index (κ1) is 22.9. The van der Waals surface area contributed by atoms with Crippen LogP contribution in [-0.4, -0.2) is 18.0 Å². The lowest BCUT2D eigenvalue weighted by atomic mass is 10.1. The molecule has 0 radical (unpaired) electrons. The fraction of sp³-hybridized carbons (Fsp3) is 0.174. The van der Waals surface area contributed by atoms with Crippen molar-refractivity contribution in [2.75, 3.05) is 4.72 Å². The number of halogens is 3. The van der Waals surface area contributed by atoms with Crippen LogP contribution in [0.3, 0.4) is 0 Å². The molecule has 0 fully saturated rings. The van der Waals surface area contributed by atoms with E-state index < -0.39 is 10.0 Å². The summed E-state index contributed by atoms with van der Waals surface area (Å²) in [7, 11) is -4.10. The molecule has 32 heavy (non-hydrogen) atoms. The zero-order valence-corrected chi connectivity index (χ0v) is 20.7. The molecule has 4 aromatic rings. The van der Waals surface area contributed by atoms with Crippen LogP contribution in [0.2, 0.25) is 15.1 Å². The molecule has 0 saturated carbocycles. The van der Waals surface area contributed by atoms with Crippen molar-refractivity contribution >= 4 is 61.5 Å². The number of aromatic nitrogens is 2. The summed E-state index contributed by atoms with van der Waals surface area (Å²) in [6.07, 6.45) is 1.72. The molecule has 1 heterocycles. The summed E-state index contributed by atoms with van der Waals surface area (Å²) < 4.78 is 31.2. The summed E-state index contributed by atoms with van der Waals surface area (Å²) in [4.78, 5) is 4.31. The molecule has 4 rings (SSSR count). The number of hydrogen-bond acceptors (Lipinski definition) is 3. The minimum Gasteiger partial charge on any atom is -0.326 e. The number of aryl methyl sites for hydroxylation is 2. The van der Waals surface area contributed by atoms with Gasteiger partial charge in [-0.2, -0.15) is 0 Å². The van der Waals surface area contributed by atoms with Crippen molar-refractivity contribution in [3.8, 4) is 0 Å². The van der Waals surface area contributed by atoms with E-state index in [1.165, 1.54) is 17.7 Å². The van der Waals surface area contributed by atoms with Crippen LogP contribution in [0.5, 0.6) is 0 Å². The molecular weight excluding hydrogens is 489 g/mol. The number of hydrogen-bond donors (Lipinski definition) is 1. The van der Waals surface area contributed by atoms with Crippen LogP contribution in [0.4, 0.5) is 5.69 Å². The molecule has 9 heteroatoms. The molecule has 0 aliphatic heterocycles. The largest absolute Gasteiger partial charge is 0.326 e. The summed E-state index contributed by atoms with van der Waals surface area (Å²) in [6, 6.07) is 12.8. The second kappa shape index (κ2) is 8.60. The number of imidazole rings is 1. The van der Waals surface area contributed by atoms with Gasteiger partial charge < -0.3 is 4.57 Å². The highest BCUT2D eigenvalue weighted by Crippen LogP contribution is 2.36. The first-order valence-corrected chi connectivity index (χ1v) is 12.4. The smallest absolute Gasteiger partial charge is 0.264 e. The summed E-state index contributed by atoms with van der Waals surface area (Å²) in [6.45, 7) is 6.45. The van der Waals surface area contributed by atoms with E-state index >= 15 is 0 Å². The molecule has 0 aliphatic carbocycles. The van der Waals surface area contributed by atoms with E-state index in [9.17, 15) is 8.42 Å². The Labute approximate surface area is 202 Å². The Morgan fingerprint density at radius 1 is 0.969 bits per heavy atom. The van der Waals surface area contributed by atoms with Gasteiger partial charge in [-0.3, -0.25) is 4.72 Å². The van der Waals surface area contributed by atoms with Gasteiger partial charge in [0.15, 0.2) is 0 Å². The summed E-state index contributed by atoms with van der Waals surface area (Å²) >= 11 is 18.3. The van der Waals surface area contributed by atoms with Gasteiger partial charge in [0.1, 0.15) is 10.4 Å². The van der Waals surface area contributed by atoms with Crippen LogP contribution in [0, 0.1) is 20.8 Å².